The van der Waals surface area contributed by atoms with Crippen molar-refractivity contribution >= 4 is 68.3 Å². The minimum absolute atomic E-state index is 0.187. The van der Waals surface area contributed by atoms with Gasteiger partial charge in [-0.05, 0) is 65.1 Å². The Kier molecular flexibility index (Phi) is 8.37. The molecule has 2 N–H and O–H groups in total. The van der Waals surface area contributed by atoms with Gasteiger partial charge in [0.05, 0.1) is 35.8 Å². The second kappa shape index (κ2) is 11.7. The Morgan fingerprint density at radius 1 is 0.868 bits per heavy atom. The van der Waals surface area contributed by atoms with Crippen LogP contribution in [0.4, 0.5) is 11.4 Å². The van der Waals surface area contributed by atoms with Crippen LogP contribution in [0.1, 0.15) is 0 Å². The molecule has 4 aromatic rings. The SMILES string of the molecule is COc1cc(OC)c(NC(=O)Cn2c(=O)n(CC(=O)Nc3ccc(I)cc3)c(=O)c3ccccc32)cc1Cl. The average molecular weight is 649 g/mol. The van der Waals surface area contributed by atoms with Crippen molar-refractivity contribution in [3.8, 4) is 11.5 Å². The van der Waals surface area contributed by atoms with Gasteiger partial charge in [0.2, 0.25) is 11.8 Å². The molecule has 0 radical (unpaired) electrons. The fourth-order valence-corrected chi connectivity index (χ4v) is 4.43. The number of amides is 2. The first-order valence-corrected chi connectivity index (χ1v) is 12.7. The van der Waals surface area contributed by atoms with E-state index >= 15 is 0 Å². The highest BCUT2D eigenvalue weighted by atomic mass is 127. The lowest BCUT2D eigenvalue weighted by molar-refractivity contribution is -0.117. The van der Waals surface area contributed by atoms with Crippen molar-refractivity contribution in [2.45, 2.75) is 13.1 Å². The van der Waals surface area contributed by atoms with Crippen molar-refractivity contribution in [2.75, 3.05) is 24.9 Å². The van der Waals surface area contributed by atoms with Crippen LogP contribution in [0.3, 0.4) is 0 Å². The van der Waals surface area contributed by atoms with Crippen LogP contribution in [-0.2, 0) is 22.7 Å². The van der Waals surface area contributed by atoms with Gasteiger partial charge in [0, 0.05) is 15.3 Å². The van der Waals surface area contributed by atoms with Gasteiger partial charge in [-0.25, -0.2) is 4.79 Å². The molecule has 3 aromatic carbocycles. The number of hydrogen-bond donors (Lipinski definition) is 2. The lowest BCUT2D eigenvalue weighted by Crippen LogP contribution is -2.44. The third-order valence-corrected chi connectivity index (χ3v) is 6.63. The van der Waals surface area contributed by atoms with E-state index < -0.39 is 36.2 Å². The molecule has 0 bridgehead atoms. The van der Waals surface area contributed by atoms with Gasteiger partial charge in [-0.15, -0.1) is 0 Å². The Balaban J connectivity index is 1.66. The number of nitrogens with zero attached hydrogens (tertiary/aromatic N) is 2. The molecule has 10 nitrogen and oxygen atoms in total. The van der Waals surface area contributed by atoms with E-state index in [1.54, 1.807) is 30.3 Å². The Labute approximate surface area is 235 Å². The fourth-order valence-electron chi connectivity index (χ4n) is 3.83. The number of hydrogen-bond acceptors (Lipinski definition) is 6. The normalized spacial score (nSPS) is 10.7. The summed E-state index contributed by atoms with van der Waals surface area (Å²) < 4.78 is 13.4. The topological polar surface area (TPSA) is 121 Å². The maximum absolute atomic E-state index is 13.4. The van der Waals surface area contributed by atoms with E-state index in [0.717, 1.165) is 12.7 Å². The monoisotopic (exact) mass is 648 g/mol. The number of benzene rings is 3. The van der Waals surface area contributed by atoms with Gasteiger partial charge in [0.1, 0.15) is 24.6 Å². The van der Waals surface area contributed by atoms with E-state index in [1.165, 1.54) is 32.4 Å². The lowest BCUT2D eigenvalue weighted by Gasteiger charge is -2.16. The minimum atomic E-state index is -0.804. The first kappa shape index (κ1) is 27.2. The summed E-state index contributed by atoms with van der Waals surface area (Å²) in [5.41, 5.74) is -0.390. The molecule has 0 aliphatic carbocycles. The molecule has 0 spiro atoms. The van der Waals surface area contributed by atoms with Gasteiger partial charge in [-0.1, -0.05) is 23.7 Å². The number of rotatable bonds is 8. The number of aromatic nitrogens is 2. The summed E-state index contributed by atoms with van der Waals surface area (Å²) in [6.45, 7) is -0.969. The molecule has 12 heteroatoms. The Hall–Kier alpha value is -3.84. The number of nitrogens with one attached hydrogen (secondary N) is 2. The van der Waals surface area contributed by atoms with Gasteiger partial charge in [0.25, 0.3) is 5.56 Å². The molecule has 1 heterocycles. The van der Waals surface area contributed by atoms with E-state index in [0.29, 0.717) is 17.2 Å². The van der Waals surface area contributed by atoms with Crippen LogP contribution < -0.4 is 31.4 Å². The molecule has 0 fully saturated rings. The van der Waals surface area contributed by atoms with Crippen molar-refractivity contribution in [3.63, 3.8) is 0 Å². The molecule has 0 atom stereocenters. The summed E-state index contributed by atoms with van der Waals surface area (Å²) in [6, 6.07) is 16.4. The molecule has 196 valence electrons. The second-order valence-electron chi connectivity index (χ2n) is 8.07. The fraction of sp³-hybridized carbons (Fsp3) is 0.154. The van der Waals surface area contributed by atoms with Crippen molar-refractivity contribution < 1.29 is 19.1 Å². The molecule has 0 saturated carbocycles. The highest BCUT2D eigenvalue weighted by Crippen LogP contribution is 2.35. The third kappa shape index (κ3) is 5.83. The van der Waals surface area contributed by atoms with Crippen LogP contribution in [0.5, 0.6) is 11.5 Å². The molecule has 0 aliphatic rings. The van der Waals surface area contributed by atoms with Crippen molar-refractivity contribution in [3.05, 3.63) is 90.1 Å². The first-order chi connectivity index (χ1) is 18.2. The maximum Gasteiger partial charge on any atom is 0.332 e. The number of carbonyl (C=O) groups excluding carboxylic acids is 2. The zero-order valence-electron chi connectivity index (χ0n) is 20.3. The number of methoxy groups -OCH3 is 2. The van der Waals surface area contributed by atoms with Gasteiger partial charge in [-0.3, -0.25) is 23.5 Å². The molecular weight excluding hydrogens is 627 g/mol. The molecule has 38 heavy (non-hydrogen) atoms. The summed E-state index contributed by atoms with van der Waals surface area (Å²) in [5, 5.41) is 5.79. The highest BCUT2D eigenvalue weighted by molar-refractivity contribution is 14.1. The van der Waals surface area contributed by atoms with Gasteiger partial charge >= 0.3 is 5.69 Å². The summed E-state index contributed by atoms with van der Waals surface area (Å²) >= 11 is 8.33. The number of anilines is 2. The predicted octanol–water partition coefficient (Wildman–Crippen LogP) is 3.72. The summed E-state index contributed by atoms with van der Waals surface area (Å²) in [5.74, 6) is -0.479. The summed E-state index contributed by atoms with van der Waals surface area (Å²) in [7, 11) is 2.87. The quantitative estimate of drug-likeness (QED) is 0.281. The molecule has 4 rings (SSSR count). The van der Waals surface area contributed by atoms with E-state index in [2.05, 4.69) is 33.2 Å². The third-order valence-electron chi connectivity index (χ3n) is 5.61. The van der Waals surface area contributed by atoms with Crippen LogP contribution in [-0.4, -0.2) is 35.2 Å². The number of carbonyl (C=O) groups is 2. The number of fused-ring (bicyclic) bond motifs is 1. The van der Waals surface area contributed by atoms with Gasteiger partial charge in [0.15, 0.2) is 0 Å². The largest absolute Gasteiger partial charge is 0.495 e. The van der Waals surface area contributed by atoms with Crippen molar-refractivity contribution in [1.29, 1.82) is 0 Å². The minimum Gasteiger partial charge on any atom is -0.495 e. The molecule has 0 saturated heterocycles. The number of para-hydroxylation sites is 1. The summed E-state index contributed by atoms with van der Waals surface area (Å²) in [6.07, 6.45) is 0. The predicted molar refractivity (Wildman–Crippen MR) is 153 cm³/mol. The highest BCUT2D eigenvalue weighted by Gasteiger charge is 2.19. The van der Waals surface area contributed by atoms with E-state index in [9.17, 15) is 19.2 Å². The van der Waals surface area contributed by atoms with Crippen LogP contribution >= 0.6 is 34.2 Å². The van der Waals surface area contributed by atoms with Gasteiger partial charge in [-0.2, -0.15) is 0 Å². The van der Waals surface area contributed by atoms with Gasteiger partial charge < -0.3 is 20.1 Å². The van der Waals surface area contributed by atoms with Crippen LogP contribution in [0.2, 0.25) is 5.02 Å². The second-order valence-corrected chi connectivity index (χ2v) is 9.72. The Morgan fingerprint density at radius 3 is 2.18 bits per heavy atom. The molecule has 0 unspecified atom stereocenters. The molecule has 2 amide bonds. The smallest absolute Gasteiger partial charge is 0.332 e. The summed E-state index contributed by atoms with van der Waals surface area (Å²) in [4.78, 5) is 52.2. The van der Waals surface area contributed by atoms with Crippen LogP contribution in [0.25, 0.3) is 10.9 Å². The molecule has 0 aliphatic heterocycles. The van der Waals surface area contributed by atoms with E-state index in [4.69, 9.17) is 21.1 Å². The molecular formula is C26H22ClIN4O6. The van der Waals surface area contributed by atoms with Crippen LogP contribution in [0.15, 0.2) is 70.3 Å². The van der Waals surface area contributed by atoms with Crippen LogP contribution in [0, 0.1) is 3.57 Å². The number of halogens is 2. The average Bonchev–Trinajstić information content (AvgIpc) is 2.90. The van der Waals surface area contributed by atoms with Crippen molar-refractivity contribution in [1.82, 2.24) is 9.13 Å². The zero-order chi connectivity index (χ0) is 27.4. The van der Waals surface area contributed by atoms with E-state index in [1.807, 2.05) is 12.1 Å². The maximum atomic E-state index is 13.4. The zero-order valence-corrected chi connectivity index (χ0v) is 23.2. The standard InChI is InChI=1S/C26H22ClIN4O6/c1-37-21-12-22(38-2)19(11-18(21)27)30-24(34)13-31-20-6-4-3-5-17(20)25(35)32(26(31)36)14-23(33)29-16-9-7-15(28)8-10-16/h3-12H,13-14H2,1-2H3,(H,29,33)(H,30,34). The first-order valence-electron chi connectivity index (χ1n) is 11.2. The molecule has 1 aromatic heterocycles. The lowest BCUT2D eigenvalue weighted by atomic mass is 10.2. The van der Waals surface area contributed by atoms with E-state index in [-0.39, 0.29) is 21.6 Å². The number of ether oxygens (including phenoxy) is 2. The Bertz CT molecular complexity index is 1650. The Morgan fingerprint density at radius 2 is 1.50 bits per heavy atom. The van der Waals surface area contributed by atoms with Crippen molar-refractivity contribution in [2.24, 2.45) is 0 Å².